The Kier molecular flexibility index (Phi) is 8.61. The van der Waals surface area contributed by atoms with Gasteiger partial charge in [0.15, 0.2) is 0 Å². The molecule has 0 bridgehead atoms. The Bertz CT molecular complexity index is 1250. The van der Waals surface area contributed by atoms with Gasteiger partial charge in [-0.3, -0.25) is 9.52 Å². The maximum absolute atomic E-state index is 13.0. The summed E-state index contributed by atoms with van der Waals surface area (Å²) in [7, 11) is -6.72. The van der Waals surface area contributed by atoms with Crippen LogP contribution in [0.5, 0.6) is 0 Å². The van der Waals surface area contributed by atoms with Gasteiger partial charge in [-0.25, -0.2) is 21.6 Å². The van der Waals surface area contributed by atoms with Crippen LogP contribution >= 0.6 is 0 Å². The Morgan fingerprint density at radius 2 is 1.66 bits per heavy atom. The van der Waals surface area contributed by atoms with Crippen LogP contribution in [0.1, 0.15) is 59.7 Å². The summed E-state index contributed by atoms with van der Waals surface area (Å²) in [6.45, 7) is 7.04. The first-order valence-electron chi connectivity index (χ1n) is 11.8. The first kappa shape index (κ1) is 27.2. The highest BCUT2D eigenvalue weighted by Crippen LogP contribution is 2.29. The van der Waals surface area contributed by atoms with Crippen LogP contribution < -0.4 is 9.44 Å². The van der Waals surface area contributed by atoms with Gasteiger partial charge in [-0.2, -0.15) is 0 Å². The third-order valence-electron chi connectivity index (χ3n) is 6.06. The number of likely N-dealkylation sites (tertiary alicyclic amines) is 1. The molecular formula is C25H35N3O5S2. The molecule has 1 aliphatic rings. The molecule has 1 heterocycles. The molecule has 10 heteroatoms. The van der Waals surface area contributed by atoms with Crippen molar-refractivity contribution in [2.24, 2.45) is 5.92 Å². The number of rotatable bonds is 9. The van der Waals surface area contributed by atoms with E-state index in [1.54, 1.807) is 25.1 Å². The summed E-state index contributed by atoms with van der Waals surface area (Å²) in [5.74, 6) is 0.403. The molecule has 0 aromatic heterocycles. The number of piperidine rings is 1. The molecule has 0 unspecified atom stereocenters. The van der Waals surface area contributed by atoms with Crippen LogP contribution in [0, 0.1) is 12.8 Å². The number of sulfonamides is 2. The molecule has 0 spiro atoms. The van der Waals surface area contributed by atoms with E-state index >= 15 is 0 Å². The number of amides is 1. The zero-order chi connectivity index (χ0) is 25.8. The van der Waals surface area contributed by atoms with Gasteiger partial charge in [0, 0.05) is 25.2 Å². The van der Waals surface area contributed by atoms with E-state index in [9.17, 15) is 21.6 Å². The Morgan fingerprint density at radius 3 is 2.23 bits per heavy atom. The van der Waals surface area contributed by atoms with E-state index in [0.29, 0.717) is 30.3 Å². The summed E-state index contributed by atoms with van der Waals surface area (Å²) >= 11 is 0. The highest BCUT2D eigenvalue weighted by molar-refractivity contribution is 7.92. The van der Waals surface area contributed by atoms with Gasteiger partial charge in [0.2, 0.25) is 20.0 Å². The van der Waals surface area contributed by atoms with E-state index in [1.165, 1.54) is 5.56 Å². The highest BCUT2D eigenvalue weighted by atomic mass is 32.2. The maximum atomic E-state index is 13.0. The molecular weight excluding hydrogens is 486 g/mol. The lowest BCUT2D eigenvalue weighted by atomic mass is 9.88. The Morgan fingerprint density at radius 1 is 1.03 bits per heavy atom. The van der Waals surface area contributed by atoms with Crippen molar-refractivity contribution < 1.29 is 21.6 Å². The number of benzene rings is 2. The predicted octanol–water partition coefficient (Wildman–Crippen LogP) is 3.46. The second kappa shape index (κ2) is 11.1. The van der Waals surface area contributed by atoms with Crippen molar-refractivity contribution in [3.05, 3.63) is 64.7 Å². The smallest absolute Gasteiger partial charge is 0.253 e. The van der Waals surface area contributed by atoms with Crippen LogP contribution in [-0.4, -0.2) is 52.7 Å². The van der Waals surface area contributed by atoms with Crippen LogP contribution in [0.25, 0.3) is 0 Å². The fourth-order valence-electron chi connectivity index (χ4n) is 4.26. The number of nitrogens with one attached hydrogen (secondary N) is 2. The van der Waals surface area contributed by atoms with Crippen LogP contribution in [0.2, 0.25) is 0 Å². The Balaban J connectivity index is 1.57. The van der Waals surface area contributed by atoms with E-state index in [2.05, 4.69) is 9.44 Å². The molecule has 2 aromatic carbocycles. The molecule has 0 radical (unpaired) electrons. The van der Waals surface area contributed by atoms with E-state index in [-0.39, 0.29) is 24.1 Å². The molecule has 192 valence electrons. The van der Waals surface area contributed by atoms with Crippen molar-refractivity contribution in [1.29, 1.82) is 0 Å². The van der Waals surface area contributed by atoms with Gasteiger partial charge in [-0.15, -0.1) is 0 Å². The minimum Gasteiger partial charge on any atom is -0.339 e. The van der Waals surface area contributed by atoms with Crippen molar-refractivity contribution in [2.75, 3.05) is 29.8 Å². The van der Waals surface area contributed by atoms with Gasteiger partial charge in [-0.05, 0) is 60.4 Å². The standard InChI is InChI=1S/C25H35N3O5S2/c1-18(2)17-35(32,33)26-16-20-6-9-21(10-7-20)22-11-13-28(14-12-22)25(29)23-8-5-19(3)24(15-23)27-34(4,30)31/h5-10,15,18,22,26-27H,11-14,16-17H2,1-4H3. The van der Waals surface area contributed by atoms with Gasteiger partial charge in [0.1, 0.15) is 0 Å². The minimum atomic E-state index is -3.43. The number of nitrogens with zero attached hydrogens (tertiary/aromatic N) is 1. The highest BCUT2D eigenvalue weighted by Gasteiger charge is 2.25. The van der Waals surface area contributed by atoms with E-state index in [4.69, 9.17) is 0 Å². The molecule has 1 fully saturated rings. The molecule has 0 atom stereocenters. The van der Waals surface area contributed by atoms with E-state index in [0.717, 1.165) is 30.2 Å². The number of carbonyl (C=O) groups excluding carboxylic acids is 1. The lowest BCUT2D eigenvalue weighted by molar-refractivity contribution is 0.0713. The molecule has 1 saturated heterocycles. The monoisotopic (exact) mass is 521 g/mol. The topological polar surface area (TPSA) is 113 Å². The molecule has 35 heavy (non-hydrogen) atoms. The molecule has 3 rings (SSSR count). The zero-order valence-corrected chi connectivity index (χ0v) is 22.4. The van der Waals surface area contributed by atoms with Crippen molar-refractivity contribution in [3.8, 4) is 0 Å². The average Bonchev–Trinajstić information content (AvgIpc) is 2.77. The summed E-state index contributed by atoms with van der Waals surface area (Å²) in [5, 5.41) is 0. The van der Waals surface area contributed by atoms with E-state index in [1.807, 2.05) is 43.0 Å². The van der Waals surface area contributed by atoms with Gasteiger partial charge in [0.25, 0.3) is 5.91 Å². The number of hydrogen-bond donors (Lipinski definition) is 2. The first-order chi connectivity index (χ1) is 16.3. The van der Waals surface area contributed by atoms with Gasteiger partial charge < -0.3 is 4.90 Å². The Labute approximate surface area is 209 Å². The normalized spacial score (nSPS) is 15.4. The number of aryl methyl sites for hydroxylation is 1. The van der Waals surface area contributed by atoms with Crippen molar-refractivity contribution in [3.63, 3.8) is 0 Å². The van der Waals surface area contributed by atoms with Crippen molar-refractivity contribution in [1.82, 2.24) is 9.62 Å². The summed E-state index contributed by atoms with van der Waals surface area (Å²) in [5.41, 5.74) is 3.72. The van der Waals surface area contributed by atoms with Gasteiger partial charge in [0.05, 0.1) is 17.7 Å². The maximum Gasteiger partial charge on any atom is 0.253 e. The minimum absolute atomic E-state index is 0.0739. The zero-order valence-electron chi connectivity index (χ0n) is 20.7. The summed E-state index contributed by atoms with van der Waals surface area (Å²) in [6.07, 6.45) is 2.74. The quantitative estimate of drug-likeness (QED) is 0.525. The summed E-state index contributed by atoms with van der Waals surface area (Å²) in [4.78, 5) is 14.8. The predicted molar refractivity (Wildman–Crippen MR) is 139 cm³/mol. The van der Waals surface area contributed by atoms with Crippen LogP contribution in [0.15, 0.2) is 42.5 Å². The third kappa shape index (κ3) is 8.05. The van der Waals surface area contributed by atoms with E-state index < -0.39 is 20.0 Å². The van der Waals surface area contributed by atoms with Gasteiger partial charge in [-0.1, -0.05) is 44.2 Å². The van der Waals surface area contributed by atoms with Crippen molar-refractivity contribution >= 4 is 31.6 Å². The first-order valence-corrected chi connectivity index (χ1v) is 15.3. The molecule has 0 saturated carbocycles. The number of carbonyl (C=O) groups is 1. The second-order valence-corrected chi connectivity index (χ2v) is 13.3. The molecule has 1 aliphatic heterocycles. The average molecular weight is 522 g/mol. The fourth-order valence-corrected chi connectivity index (χ4v) is 6.26. The Hall–Kier alpha value is -2.43. The number of anilines is 1. The van der Waals surface area contributed by atoms with Gasteiger partial charge >= 0.3 is 0 Å². The van der Waals surface area contributed by atoms with Crippen molar-refractivity contribution in [2.45, 2.75) is 46.1 Å². The molecule has 2 N–H and O–H groups in total. The summed E-state index contributed by atoms with van der Waals surface area (Å²) < 4.78 is 52.4. The second-order valence-electron chi connectivity index (χ2n) is 9.71. The third-order valence-corrected chi connectivity index (χ3v) is 8.34. The molecule has 1 amide bonds. The molecule has 0 aliphatic carbocycles. The number of hydrogen-bond acceptors (Lipinski definition) is 5. The fraction of sp³-hybridized carbons (Fsp3) is 0.480. The lowest BCUT2D eigenvalue weighted by Gasteiger charge is -2.32. The SMILES string of the molecule is Cc1ccc(C(=O)N2CCC(c3ccc(CNS(=O)(=O)CC(C)C)cc3)CC2)cc1NS(C)(=O)=O. The van der Waals surface area contributed by atoms with Crippen LogP contribution in [0.4, 0.5) is 5.69 Å². The largest absolute Gasteiger partial charge is 0.339 e. The molecule has 8 nitrogen and oxygen atoms in total. The van der Waals surface area contributed by atoms with Crippen LogP contribution in [0.3, 0.4) is 0 Å². The summed E-state index contributed by atoms with van der Waals surface area (Å²) in [6, 6.07) is 13.1. The lowest BCUT2D eigenvalue weighted by Crippen LogP contribution is -2.38. The molecule has 2 aromatic rings. The van der Waals surface area contributed by atoms with Crippen LogP contribution in [-0.2, 0) is 26.6 Å².